The fraction of sp³-hybridized carbons (Fsp3) is 0.300. The van der Waals surface area contributed by atoms with Gasteiger partial charge >= 0.3 is 5.97 Å². The monoisotopic (exact) mass is 236 g/mol. The van der Waals surface area contributed by atoms with E-state index in [0.717, 1.165) is 0 Å². The number of carboxylic acid groups (broad SMARTS) is 1. The molecule has 0 radical (unpaired) electrons. The van der Waals surface area contributed by atoms with Gasteiger partial charge in [-0.3, -0.25) is 4.79 Å². The Bertz CT molecular complexity index is 475. The molecule has 7 heteroatoms. The molecule has 90 valence electrons. The van der Waals surface area contributed by atoms with Crippen molar-refractivity contribution in [2.45, 2.75) is 0 Å². The summed E-state index contributed by atoms with van der Waals surface area (Å²) in [6.07, 6.45) is 0. The van der Waals surface area contributed by atoms with Gasteiger partial charge < -0.3 is 21.1 Å². The van der Waals surface area contributed by atoms with Crippen molar-refractivity contribution in [1.29, 1.82) is 0 Å². The molecule has 2 heterocycles. The molecule has 0 aromatic carbocycles. The van der Waals surface area contributed by atoms with Crippen LogP contribution in [0.25, 0.3) is 0 Å². The lowest BCUT2D eigenvalue weighted by molar-refractivity contribution is -0.120. The second-order valence-corrected chi connectivity index (χ2v) is 3.69. The molecule has 4 N–H and O–H groups in total. The number of anilines is 2. The highest BCUT2D eigenvalue weighted by Gasteiger charge is 2.20. The van der Waals surface area contributed by atoms with Gasteiger partial charge in [0.25, 0.3) is 0 Å². The molecular formula is C10H12N4O3. The smallest absolute Gasteiger partial charge is 0.354 e. The second-order valence-electron chi connectivity index (χ2n) is 3.69. The second kappa shape index (κ2) is 4.28. The van der Waals surface area contributed by atoms with E-state index in [1.165, 1.54) is 12.1 Å². The minimum absolute atomic E-state index is 0.0832. The van der Waals surface area contributed by atoms with Crippen molar-refractivity contribution in [2.75, 3.05) is 30.3 Å². The third kappa shape index (κ3) is 2.27. The van der Waals surface area contributed by atoms with Crippen LogP contribution in [0.3, 0.4) is 0 Å². The summed E-state index contributed by atoms with van der Waals surface area (Å²) in [4.78, 5) is 27.7. The van der Waals surface area contributed by atoms with Gasteiger partial charge in [0.2, 0.25) is 5.91 Å². The molecule has 1 saturated heterocycles. The van der Waals surface area contributed by atoms with E-state index >= 15 is 0 Å². The van der Waals surface area contributed by atoms with Crippen molar-refractivity contribution in [3.05, 3.63) is 17.8 Å². The maximum Gasteiger partial charge on any atom is 0.354 e. The van der Waals surface area contributed by atoms with Crippen LogP contribution in [0.2, 0.25) is 0 Å². The Labute approximate surface area is 97.2 Å². The summed E-state index contributed by atoms with van der Waals surface area (Å²) < 4.78 is 0. The number of rotatable bonds is 2. The van der Waals surface area contributed by atoms with E-state index in [2.05, 4.69) is 10.3 Å². The summed E-state index contributed by atoms with van der Waals surface area (Å²) in [5, 5.41) is 11.5. The molecule has 1 aliphatic heterocycles. The zero-order valence-electron chi connectivity index (χ0n) is 9.01. The van der Waals surface area contributed by atoms with Gasteiger partial charge in [0.1, 0.15) is 0 Å². The standard InChI is InChI=1S/C10H12N4O3/c11-6-1-2-7(10(16)17)13-9(6)14-4-3-12-8(15)5-14/h1-2H,3-5,11H2,(H,12,15)(H,16,17). The van der Waals surface area contributed by atoms with Gasteiger partial charge in [-0.2, -0.15) is 0 Å². The molecule has 1 aromatic rings. The Morgan fingerprint density at radius 2 is 2.29 bits per heavy atom. The normalized spacial score (nSPS) is 15.5. The number of nitrogens with two attached hydrogens (primary N) is 1. The van der Waals surface area contributed by atoms with Gasteiger partial charge in [0, 0.05) is 13.1 Å². The Balaban J connectivity index is 2.33. The van der Waals surface area contributed by atoms with E-state index < -0.39 is 5.97 Å². The first kappa shape index (κ1) is 11.2. The number of pyridine rings is 1. The first-order valence-corrected chi connectivity index (χ1v) is 5.09. The van der Waals surface area contributed by atoms with Crippen LogP contribution >= 0.6 is 0 Å². The summed E-state index contributed by atoms with van der Waals surface area (Å²) in [6.45, 7) is 1.20. The van der Waals surface area contributed by atoms with Crippen LogP contribution in [0.5, 0.6) is 0 Å². The molecule has 0 atom stereocenters. The average molecular weight is 236 g/mol. The number of aromatic carboxylic acids is 1. The fourth-order valence-corrected chi connectivity index (χ4v) is 1.65. The number of carboxylic acids is 1. The van der Waals surface area contributed by atoms with Gasteiger partial charge in [-0.1, -0.05) is 0 Å². The number of nitrogens with zero attached hydrogens (tertiary/aromatic N) is 2. The number of hydrogen-bond acceptors (Lipinski definition) is 5. The topological polar surface area (TPSA) is 109 Å². The van der Waals surface area contributed by atoms with E-state index in [9.17, 15) is 9.59 Å². The number of carbonyl (C=O) groups excluding carboxylic acids is 1. The summed E-state index contributed by atoms with van der Waals surface area (Å²) in [7, 11) is 0. The van der Waals surface area contributed by atoms with Crippen molar-refractivity contribution < 1.29 is 14.7 Å². The number of nitrogens with one attached hydrogen (secondary N) is 1. The molecule has 1 aliphatic rings. The van der Waals surface area contributed by atoms with Crippen LogP contribution in [0, 0.1) is 0 Å². The maximum atomic E-state index is 11.2. The van der Waals surface area contributed by atoms with E-state index in [-0.39, 0.29) is 18.1 Å². The minimum atomic E-state index is -1.12. The summed E-state index contributed by atoms with van der Waals surface area (Å²) in [5.74, 6) is -0.898. The highest BCUT2D eigenvalue weighted by molar-refractivity contribution is 5.88. The van der Waals surface area contributed by atoms with E-state index in [1.54, 1.807) is 4.90 Å². The molecule has 1 fully saturated rings. The number of carbonyl (C=O) groups is 2. The number of piperazine rings is 1. The van der Waals surface area contributed by atoms with Gasteiger partial charge in [0.15, 0.2) is 11.5 Å². The van der Waals surface area contributed by atoms with Crippen LogP contribution < -0.4 is 16.0 Å². The number of amides is 1. The van der Waals surface area contributed by atoms with E-state index in [1.807, 2.05) is 0 Å². The van der Waals surface area contributed by atoms with Gasteiger partial charge in [0.05, 0.1) is 12.2 Å². The van der Waals surface area contributed by atoms with Crippen LogP contribution in [-0.2, 0) is 4.79 Å². The number of aromatic nitrogens is 1. The molecule has 17 heavy (non-hydrogen) atoms. The molecule has 7 nitrogen and oxygen atoms in total. The first-order valence-electron chi connectivity index (χ1n) is 5.09. The lowest BCUT2D eigenvalue weighted by Gasteiger charge is -2.28. The third-order valence-corrected chi connectivity index (χ3v) is 2.46. The molecule has 0 saturated carbocycles. The molecule has 0 bridgehead atoms. The van der Waals surface area contributed by atoms with Gasteiger partial charge in [-0.25, -0.2) is 9.78 Å². The highest BCUT2D eigenvalue weighted by atomic mass is 16.4. The lowest BCUT2D eigenvalue weighted by Crippen LogP contribution is -2.48. The Morgan fingerprint density at radius 1 is 1.53 bits per heavy atom. The largest absolute Gasteiger partial charge is 0.477 e. The molecule has 0 unspecified atom stereocenters. The minimum Gasteiger partial charge on any atom is -0.477 e. The number of nitrogen functional groups attached to an aromatic ring is 1. The zero-order valence-corrected chi connectivity index (χ0v) is 9.01. The Kier molecular flexibility index (Phi) is 2.82. The summed E-state index contributed by atoms with van der Waals surface area (Å²) in [6, 6.07) is 2.82. The lowest BCUT2D eigenvalue weighted by atomic mass is 10.2. The SMILES string of the molecule is Nc1ccc(C(=O)O)nc1N1CCNC(=O)C1. The van der Waals surface area contributed by atoms with Crippen molar-refractivity contribution >= 4 is 23.4 Å². The van der Waals surface area contributed by atoms with Crippen molar-refractivity contribution in [3.8, 4) is 0 Å². The van der Waals surface area contributed by atoms with Crippen LogP contribution in [0.4, 0.5) is 11.5 Å². The predicted molar refractivity (Wildman–Crippen MR) is 60.8 cm³/mol. The molecule has 1 aromatic heterocycles. The highest BCUT2D eigenvalue weighted by Crippen LogP contribution is 2.21. The van der Waals surface area contributed by atoms with Crippen molar-refractivity contribution in [1.82, 2.24) is 10.3 Å². The van der Waals surface area contributed by atoms with Crippen LogP contribution in [-0.4, -0.2) is 41.6 Å². The molecule has 0 spiro atoms. The molecule has 1 amide bonds. The number of hydrogen-bond donors (Lipinski definition) is 3. The van der Waals surface area contributed by atoms with Crippen LogP contribution in [0.15, 0.2) is 12.1 Å². The third-order valence-electron chi connectivity index (χ3n) is 2.46. The van der Waals surface area contributed by atoms with Gasteiger partial charge in [-0.15, -0.1) is 0 Å². The zero-order chi connectivity index (χ0) is 12.4. The van der Waals surface area contributed by atoms with E-state index in [0.29, 0.717) is 24.6 Å². The first-order chi connectivity index (χ1) is 8.08. The van der Waals surface area contributed by atoms with Crippen molar-refractivity contribution in [3.63, 3.8) is 0 Å². The summed E-state index contributed by atoms with van der Waals surface area (Å²) in [5.41, 5.74) is 6.02. The Hall–Kier alpha value is -2.31. The van der Waals surface area contributed by atoms with Crippen molar-refractivity contribution in [2.24, 2.45) is 0 Å². The molecular weight excluding hydrogens is 224 g/mol. The molecule has 0 aliphatic carbocycles. The maximum absolute atomic E-state index is 11.2. The van der Waals surface area contributed by atoms with E-state index in [4.69, 9.17) is 10.8 Å². The predicted octanol–water partition coefficient (Wildman–Crippen LogP) is -0.702. The average Bonchev–Trinajstić information content (AvgIpc) is 2.29. The molecule has 2 rings (SSSR count). The quantitative estimate of drug-likeness (QED) is 0.626. The Morgan fingerprint density at radius 3 is 2.94 bits per heavy atom. The fourth-order valence-electron chi connectivity index (χ4n) is 1.65. The van der Waals surface area contributed by atoms with Gasteiger partial charge in [-0.05, 0) is 12.1 Å². The summed E-state index contributed by atoms with van der Waals surface area (Å²) >= 11 is 0. The van der Waals surface area contributed by atoms with Crippen LogP contribution in [0.1, 0.15) is 10.5 Å².